The minimum absolute atomic E-state index is 0.0485. The lowest BCUT2D eigenvalue weighted by atomic mass is 9.95. The number of nitrogen functional groups attached to an aromatic ring is 1. The molecule has 1 heterocycles. The third kappa shape index (κ3) is 3.95. The zero-order valence-corrected chi connectivity index (χ0v) is 15.1. The van der Waals surface area contributed by atoms with Crippen molar-refractivity contribution in [3.05, 3.63) is 39.7 Å². The molecule has 1 aromatic heterocycles. The summed E-state index contributed by atoms with van der Waals surface area (Å²) in [5.74, 6) is -4.01. The fourth-order valence-corrected chi connectivity index (χ4v) is 2.55. The van der Waals surface area contributed by atoms with Crippen LogP contribution in [0.5, 0.6) is 11.5 Å². The molecule has 0 aliphatic carbocycles. The number of aromatic nitrogens is 1. The molecule has 0 spiro atoms. The predicted octanol–water partition coefficient (Wildman–Crippen LogP) is 1.73. The van der Waals surface area contributed by atoms with Crippen molar-refractivity contribution < 1.29 is 34.1 Å². The molecule has 28 heavy (non-hydrogen) atoms. The summed E-state index contributed by atoms with van der Waals surface area (Å²) in [6.07, 6.45) is 0.115. The fourth-order valence-electron chi connectivity index (χ4n) is 2.55. The first-order valence-corrected chi connectivity index (χ1v) is 8.21. The van der Waals surface area contributed by atoms with Gasteiger partial charge in [-0.15, -0.1) is 0 Å². The number of carbonyl (C=O) groups excluding carboxylic acids is 1. The highest BCUT2D eigenvalue weighted by Crippen LogP contribution is 2.36. The van der Waals surface area contributed by atoms with E-state index in [1.807, 2.05) is 4.98 Å². The Morgan fingerprint density at radius 2 is 1.71 bits per heavy atom. The molecule has 148 valence electrons. The fraction of sp³-hybridized carbons (Fsp3) is 0.222. The first kappa shape index (κ1) is 20.5. The number of rotatable bonds is 7. The number of anilines is 1. The average Bonchev–Trinajstić information content (AvgIpc) is 2.61. The van der Waals surface area contributed by atoms with Crippen LogP contribution in [0.4, 0.5) is 5.82 Å². The largest absolute Gasteiger partial charge is 0.490 e. The second kappa shape index (κ2) is 8.25. The van der Waals surface area contributed by atoms with Crippen LogP contribution >= 0.6 is 0 Å². The van der Waals surface area contributed by atoms with Crippen LogP contribution in [-0.4, -0.2) is 39.7 Å². The molecule has 5 N–H and O–H groups in total. The maximum absolute atomic E-state index is 12.1. The van der Waals surface area contributed by atoms with E-state index >= 15 is 0 Å². The number of benzene rings is 1. The number of hydrogen-bond donors (Lipinski definition) is 4. The number of nitrogens with one attached hydrogen (secondary N) is 1. The number of carboxylic acids is 2. The van der Waals surface area contributed by atoms with Gasteiger partial charge in [0.2, 0.25) is 0 Å². The van der Waals surface area contributed by atoms with E-state index in [2.05, 4.69) is 0 Å². The van der Waals surface area contributed by atoms with Crippen molar-refractivity contribution in [1.82, 2.24) is 4.98 Å². The second-order valence-corrected chi connectivity index (χ2v) is 5.53. The molecule has 10 nitrogen and oxygen atoms in total. The van der Waals surface area contributed by atoms with Gasteiger partial charge in [-0.25, -0.2) is 9.59 Å². The first-order chi connectivity index (χ1) is 13.2. The van der Waals surface area contributed by atoms with Gasteiger partial charge in [0.15, 0.2) is 11.5 Å². The Balaban J connectivity index is 2.81. The smallest absolute Gasteiger partial charge is 0.342 e. The molecule has 0 bridgehead atoms. The van der Waals surface area contributed by atoms with Gasteiger partial charge >= 0.3 is 17.9 Å². The zero-order chi connectivity index (χ0) is 21.0. The lowest BCUT2D eigenvalue weighted by molar-refractivity contribution is -0.134. The highest BCUT2D eigenvalue weighted by atomic mass is 16.6. The summed E-state index contributed by atoms with van der Waals surface area (Å²) < 4.78 is 10.6. The quantitative estimate of drug-likeness (QED) is 0.406. The summed E-state index contributed by atoms with van der Waals surface area (Å²) in [4.78, 5) is 49.0. The molecule has 0 radical (unpaired) electrons. The Kier molecular flexibility index (Phi) is 6.04. The third-order valence-electron chi connectivity index (χ3n) is 3.72. The lowest BCUT2D eigenvalue weighted by Crippen LogP contribution is -2.24. The standard InChI is InChI=1S/C18H18N2O8/c1-3-11(21)28-9-6-5-8(7-10(9)27-4-2)12-13(17(23)24)15(19)20-16(22)14(12)18(25)26/h5-7H,3-4H2,1-2H3,(H,23,24)(H,25,26)(H3,19,20,22). The van der Waals surface area contributed by atoms with Crippen LogP contribution in [-0.2, 0) is 4.79 Å². The van der Waals surface area contributed by atoms with Crippen LogP contribution in [0, 0.1) is 0 Å². The molecule has 2 rings (SSSR count). The van der Waals surface area contributed by atoms with Gasteiger partial charge in [0.05, 0.1) is 6.61 Å². The van der Waals surface area contributed by atoms with Crippen LogP contribution in [0.2, 0.25) is 0 Å². The number of H-pyrrole nitrogens is 1. The summed E-state index contributed by atoms with van der Waals surface area (Å²) >= 11 is 0. The first-order valence-electron chi connectivity index (χ1n) is 8.21. The van der Waals surface area contributed by atoms with Crippen LogP contribution in [0.1, 0.15) is 41.0 Å². The lowest BCUT2D eigenvalue weighted by Gasteiger charge is -2.15. The maximum atomic E-state index is 12.1. The van der Waals surface area contributed by atoms with Gasteiger partial charge < -0.3 is 30.4 Å². The van der Waals surface area contributed by atoms with Crippen LogP contribution < -0.4 is 20.8 Å². The number of pyridine rings is 1. The number of hydrogen-bond acceptors (Lipinski definition) is 7. The van der Waals surface area contributed by atoms with E-state index in [0.29, 0.717) is 0 Å². The van der Waals surface area contributed by atoms with E-state index < -0.39 is 40.4 Å². The number of aromatic amines is 1. The highest BCUT2D eigenvalue weighted by molar-refractivity contribution is 6.07. The number of carboxylic acid groups (broad SMARTS) is 2. The van der Waals surface area contributed by atoms with Crippen molar-refractivity contribution in [2.24, 2.45) is 0 Å². The van der Waals surface area contributed by atoms with Gasteiger partial charge in [-0.3, -0.25) is 9.59 Å². The molecule has 0 aliphatic heterocycles. The zero-order valence-electron chi connectivity index (χ0n) is 15.1. The van der Waals surface area contributed by atoms with Crippen LogP contribution in [0.3, 0.4) is 0 Å². The van der Waals surface area contributed by atoms with Gasteiger partial charge in [0.1, 0.15) is 16.9 Å². The number of esters is 1. The summed E-state index contributed by atoms with van der Waals surface area (Å²) in [7, 11) is 0. The van der Waals surface area contributed by atoms with E-state index in [0.717, 1.165) is 0 Å². The SMILES string of the molecule is CCOc1cc(-c2c(C(=O)O)c(N)[nH]c(=O)c2C(=O)O)ccc1OC(=O)CC. The van der Waals surface area contributed by atoms with Gasteiger partial charge in [-0.05, 0) is 24.6 Å². The molecule has 0 atom stereocenters. The topological polar surface area (TPSA) is 169 Å². The van der Waals surface area contributed by atoms with E-state index in [1.54, 1.807) is 13.8 Å². The van der Waals surface area contributed by atoms with Crippen molar-refractivity contribution >= 4 is 23.7 Å². The molecule has 0 aliphatic rings. The van der Waals surface area contributed by atoms with E-state index in [4.69, 9.17) is 15.2 Å². The Morgan fingerprint density at radius 1 is 1.07 bits per heavy atom. The number of nitrogens with two attached hydrogens (primary N) is 1. The van der Waals surface area contributed by atoms with E-state index in [-0.39, 0.29) is 35.7 Å². The molecule has 2 aromatic rings. The maximum Gasteiger partial charge on any atom is 0.342 e. The average molecular weight is 390 g/mol. The third-order valence-corrected chi connectivity index (χ3v) is 3.72. The van der Waals surface area contributed by atoms with Gasteiger partial charge in [0.25, 0.3) is 5.56 Å². The minimum atomic E-state index is -1.63. The van der Waals surface area contributed by atoms with Gasteiger partial charge in [-0.2, -0.15) is 0 Å². The molecule has 0 unspecified atom stereocenters. The monoisotopic (exact) mass is 390 g/mol. The number of ether oxygens (including phenoxy) is 2. The number of aromatic carboxylic acids is 2. The Labute approximate surface area is 158 Å². The van der Waals surface area contributed by atoms with Crippen molar-refractivity contribution in [3.8, 4) is 22.6 Å². The van der Waals surface area contributed by atoms with Gasteiger partial charge in [-0.1, -0.05) is 13.0 Å². The Morgan fingerprint density at radius 3 is 2.25 bits per heavy atom. The molecule has 0 saturated heterocycles. The predicted molar refractivity (Wildman–Crippen MR) is 97.9 cm³/mol. The molecular weight excluding hydrogens is 372 g/mol. The second-order valence-electron chi connectivity index (χ2n) is 5.53. The Hall–Kier alpha value is -3.82. The normalized spacial score (nSPS) is 10.4. The van der Waals surface area contributed by atoms with Crippen LogP contribution in [0.15, 0.2) is 23.0 Å². The highest BCUT2D eigenvalue weighted by Gasteiger charge is 2.27. The van der Waals surface area contributed by atoms with Crippen molar-refractivity contribution in [2.45, 2.75) is 20.3 Å². The molecular formula is C18H18N2O8. The van der Waals surface area contributed by atoms with Crippen molar-refractivity contribution in [3.63, 3.8) is 0 Å². The molecule has 0 amide bonds. The molecule has 1 aromatic carbocycles. The summed E-state index contributed by atoms with van der Waals surface area (Å²) in [6, 6.07) is 3.92. The van der Waals surface area contributed by atoms with Crippen molar-refractivity contribution in [2.75, 3.05) is 12.3 Å². The summed E-state index contributed by atoms with van der Waals surface area (Å²) in [5.41, 5.74) is 2.87. The summed E-state index contributed by atoms with van der Waals surface area (Å²) in [6.45, 7) is 3.47. The van der Waals surface area contributed by atoms with Gasteiger partial charge in [0, 0.05) is 12.0 Å². The van der Waals surface area contributed by atoms with Crippen LogP contribution in [0.25, 0.3) is 11.1 Å². The van der Waals surface area contributed by atoms with E-state index in [1.165, 1.54) is 18.2 Å². The summed E-state index contributed by atoms with van der Waals surface area (Å²) in [5, 5.41) is 18.9. The number of carbonyl (C=O) groups is 3. The van der Waals surface area contributed by atoms with E-state index in [9.17, 15) is 29.4 Å². The Bertz CT molecular complexity index is 1010. The molecule has 0 fully saturated rings. The molecule has 0 saturated carbocycles. The molecule has 10 heteroatoms. The minimum Gasteiger partial charge on any atom is -0.490 e. The van der Waals surface area contributed by atoms with Crippen molar-refractivity contribution in [1.29, 1.82) is 0 Å².